The second-order valence-electron chi connectivity index (χ2n) is 3.19. The Bertz CT molecular complexity index is 473. The molecule has 0 aliphatic heterocycles. The maximum atomic E-state index is 11.9. The van der Waals surface area contributed by atoms with Gasteiger partial charge < -0.3 is 0 Å². The fourth-order valence-electron chi connectivity index (χ4n) is 0.907. The van der Waals surface area contributed by atoms with E-state index in [0.29, 0.717) is 0 Å². The predicted molar refractivity (Wildman–Crippen MR) is 50.2 cm³/mol. The van der Waals surface area contributed by atoms with Crippen molar-refractivity contribution in [3.8, 4) is 0 Å². The molecule has 0 spiro atoms. The van der Waals surface area contributed by atoms with E-state index in [2.05, 4.69) is 0 Å². The first kappa shape index (κ1) is 19.6. The molecular formula is C12H2F8Ti. The van der Waals surface area contributed by atoms with Gasteiger partial charge in [-0.1, -0.05) is 12.1 Å². The fraction of sp³-hybridized carbons (Fsp3) is 0. The fourth-order valence-corrected chi connectivity index (χ4v) is 0.907. The van der Waals surface area contributed by atoms with Crippen molar-refractivity contribution < 1.29 is 56.8 Å². The summed E-state index contributed by atoms with van der Waals surface area (Å²) in [7, 11) is 0. The molecule has 0 N–H and O–H groups in total. The standard InChI is InChI=1S/2C6HF4.Ti/c2*7-3-1-4(8)6(10)2-5(3)9;/h2*1H;/q2*-1;+2. The predicted octanol–water partition coefficient (Wildman–Crippen LogP) is 4.08. The largest absolute Gasteiger partial charge is 2.00 e. The van der Waals surface area contributed by atoms with Crippen LogP contribution in [0.3, 0.4) is 0 Å². The molecule has 0 fully saturated rings. The van der Waals surface area contributed by atoms with Crippen molar-refractivity contribution in [1.82, 2.24) is 0 Å². The zero-order valence-electron chi connectivity index (χ0n) is 9.68. The van der Waals surface area contributed by atoms with Gasteiger partial charge >= 0.3 is 21.7 Å². The normalized spacial score (nSPS) is 9.52. The Kier molecular flexibility index (Phi) is 7.59. The molecule has 0 radical (unpaired) electrons. The molecule has 0 aliphatic carbocycles. The van der Waals surface area contributed by atoms with E-state index in [1.165, 1.54) is 12.1 Å². The van der Waals surface area contributed by atoms with Crippen molar-refractivity contribution in [3.63, 3.8) is 0 Å². The van der Waals surface area contributed by atoms with Crippen LogP contribution in [0.4, 0.5) is 35.1 Å². The summed E-state index contributed by atoms with van der Waals surface area (Å²) < 4.78 is 95.5. The molecule has 9 heteroatoms. The van der Waals surface area contributed by atoms with Crippen molar-refractivity contribution in [1.29, 1.82) is 0 Å². The molecule has 0 amide bonds. The van der Waals surface area contributed by atoms with E-state index in [9.17, 15) is 35.1 Å². The Morgan fingerprint density at radius 1 is 0.476 bits per heavy atom. The van der Waals surface area contributed by atoms with Crippen LogP contribution in [0.25, 0.3) is 0 Å². The van der Waals surface area contributed by atoms with E-state index in [4.69, 9.17) is 0 Å². The maximum Gasteiger partial charge on any atom is 2.00 e. The van der Waals surface area contributed by atoms with Gasteiger partial charge in [-0.15, -0.1) is 12.1 Å². The molecule has 0 aliphatic rings. The number of hydrogen-bond donors (Lipinski definition) is 0. The van der Waals surface area contributed by atoms with Crippen LogP contribution in [-0.2, 0) is 21.7 Å². The molecule has 0 nitrogen and oxygen atoms in total. The van der Waals surface area contributed by atoms with Gasteiger partial charge in [0.25, 0.3) is 0 Å². The second kappa shape index (κ2) is 8.14. The summed E-state index contributed by atoms with van der Waals surface area (Å²) in [5, 5.41) is 0. The number of hydrogen-bond acceptors (Lipinski definition) is 0. The molecule has 0 atom stereocenters. The van der Waals surface area contributed by atoms with Crippen LogP contribution in [0.1, 0.15) is 0 Å². The summed E-state index contributed by atoms with van der Waals surface area (Å²) in [6.45, 7) is 0. The summed E-state index contributed by atoms with van der Waals surface area (Å²) in [5.41, 5.74) is 0. The Morgan fingerprint density at radius 3 is 0.810 bits per heavy atom. The third-order valence-electron chi connectivity index (χ3n) is 1.78. The van der Waals surface area contributed by atoms with Crippen LogP contribution < -0.4 is 0 Å². The van der Waals surface area contributed by atoms with Crippen LogP contribution in [0.15, 0.2) is 12.1 Å². The molecule has 0 saturated heterocycles. The van der Waals surface area contributed by atoms with Gasteiger partial charge in [0.1, 0.15) is 0 Å². The summed E-state index contributed by atoms with van der Waals surface area (Å²) in [4.78, 5) is 0. The Morgan fingerprint density at radius 2 is 0.667 bits per heavy atom. The first-order valence-corrected chi connectivity index (χ1v) is 4.67. The van der Waals surface area contributed by atoms with Gasteiger partial charge in [0.05, 0.1) is 0 Å². The molecule has 0 saturated carbocycles. The third-order valence-corrected chi connectivity index (χ3v) is 1.78. The van der Waals surface area contributed by atoms with Crippen molar-refractivity contribution >= 4 is 0 Å². The summed E-state index contributed by atoms with van der Waals surface area (Å²) in [5.74, 6) is -11.8. The monoisotopic (exact) mass is 346 g/mol. The van der Waals surface area contributed by atoms with Gasteiger partial charge in [-0.3, -0.25) is 17.6 Å². The van der Waals surface area contributed by atoms with Gasteiger partial charge in [-0.05, 0) is 0 Å². The van der Waals surface area contributed by atoms with Gasteiger partial charge in [0.2, 0.25) is 0 Å². The Balaban J connectivity index is 0.000000364. The van der Waals surface area contributed by atoms with Crippen molar-refractivity contribution in [2.75, 3.05) is 0 Å². The van der Waals surface area contributed by atoms with Crippen molar-refractivity contribution in [2.24, 2.45) is 0 Å². The first-order valence-electron chi connectivity index (χ1n) is 4.67. The third kappa shape index (κ3) is 5.47. The van der Waals surface area contributed by atoms with Gasteiger partial charge in [0, 0.05) is 46.5 Å². The molecule has 0 aromatic heterocycles. The van der Waals surface area contributed by atoms with Gasteiger partial charge in [-0.2, -0.15) is 0 Å². The minimum Gasteiger partial charge on any atom is -0.281 e. The van der Waals surface area contributed by atoms with Crippen LogP contribution in [0, 0.1) is 58.7 Å². The average molecular weight is 346 g/mol. The number of benzene rings is 2. The van der Waals surface area contributed by atoms with E-state index in [1.54, 1.807) is 0 Å². The average Bonchev–Trinajstić information content (AvgIpc) is 2.35. The minimum absolute atomic E-state index is 0. The maximum absolute atomic E-state index is 11.9. The number of rotatable bonds is 0. The van der Waals surface area contributed by atoms with Crippen molar-refractivity contribution in [3.05, 3.63) is 70.8 Å². The van der Waals surface area contributed by atoms with Crippen LogP contribution in [-0.4, -0.2) is 0 Å². The first-order chi connectivity index (χ1) is 9.22. The summed E-state index contributed by atoms with van der Waals surface area (Å²) >= 11 is 0. The SMILES string of the molecule is Fc1[c-]c(F)c(F)cc1F.Fc1[c-]c(F)c(F)cc1F.[Ti+2]. The molecule has 2 aromatic carbocycles. The van der Waals surface area contributed by atoms with Crippen LogP contribution >= 0.6 is 0 Å². The quantitative estimate of drug-likeness (QED) is 0.292. The van der Waals surface area contributed by atoms with E-state index < -0.39 is 46.5 Å². The molecule has 2 rings (SSSR count). The summed E-state index contributed by atoms with van der Waals surface area (Å²) in [6.07, 6.45) is 0. The molecule has 2 aromatic rings. The molecular weight excluding hydrogens is 344 g/mol. The summed E-state index contributed by atoms with van der Waals surface area (Å²) in [6, 6.07) is 2.70. The zero-order valence-corrected chi connectivity index (χ0v) is 11.2. The molecule has 21 heavy (non-hydrogen) atoms. The smallest absolute Gasteiger partial charge is 0.281 e. The molecule has 110 valence electrons. The van der Waals surface area contributed by atoms with Gasteiger partial charge in [0.15, 0.2) is 0 Å². The molecule has 0 unspecified atom stereocenters. The van der Waals surface area contributed by atoms with E-state index in [-0.39, 0.29) is 33.9 Å². The zero-order chi connectivity index (χ0) is 15.4. The Hall–Kier alpha value is -1.41. The van der Waals surface area contributed by atoms with Crippen molar-refractivity contribution in [2.45, 2.75) is 0 Å². The molecule has 0 heterocycles. The molecule has 0 bridgehead atoms. The van der Waals surface area contributed by atoms with E-state index in [1.807, 2.05) is 0 Å². The van der Waals surface area contributed by atoms with Crippen LogP contribution in [0.5, 0.6) is 0 Å². The second-order valence-corrected chi connectivity index (χ2v) is 3.19. The Labute approximate surface area is 128 Å². The van der Waals surface area contributed by atoms with E-state index >= 15 is 0 Å². The minimum atomic E-state index is -1.51. The van der Waals surface area contributed by atoms with Gasteiger partial charge in [-0.25, -0.2) is 17.6 Å². The topological polar surface area (TPSA) is 0 Å². The van der Waals surface area contributed by atoms with E-state index in [0.717, 1.165) is 0 Å². The van der Waals surface area contributed by atoms with Crippen LogP contribution in [0.2, 0.25) is 0 Å². The number of halogens is 8.